The summed E-state index contributed by atoms with van der Waals surface area (Å²) in [6, 6.07) is 89.6. The maximum absolute atomic E-state index is 2.45. The van der Waals surface area contributed by atoms with Crippen LogP contribution in [0.25, 0.3) is 66.8 Å². The summed E-state index contributed by atoms with van der Waals surface area (Å²) in [6.45, 7) is 7.14. The van der Waals surface area contributed by atoms with Crippen molar-refractivity contribution in [3.63, 3.8) is 0 Å². The summed E-state index contributed by atoms with van der Waals surface area (Å²) in [7, 11) is 0. The molecule has 0 saturated carbocycles. The lowest BCUT2D eigenvalue weighted by Gasteiger charge is -2.29. The monoisotopic (exact) mass is 843 g/mol. The van der Waals surface area contributed by atoms with Gasteiger partial charge >= 0.3 is 0 Å². The van der Waals surface area contributed by atoms with Crippen molar-refractivity contribution in [1.29, 1.82) is 0 Å². The van der Waals surface area contributed by atoms with Gasteiger partial charge in [-0.05, 0) is 132 Å². The smallest absolute Gasteiger partial charge is 0.0540 e. The number of para-hydroxylation sites is 1. The van der Waals surface area contributed by atoms with E-state index in [9.17, 15) is 0 Å². The van der Waals surface area contributed by atoms with E-state index in [2.05, 4.69) is 268 Å². The fraction of sp³-hybridized carbons (Fsp3) is 0.0769. The Balaban J connectivity index is 0.983. The molecule has 0 radical (unpaired) electrons. The molecule has 1 heteroatoms. The highest BCUT2D eigenvalue weighted by Gasteiger charge is 2.41. The lowest BCUT2D eigenvalue weighted by molar-refractivity contribution is 0.662. The molecular weight excluding hydrogens is 795 g/mol. The highest BCUT2D eigenvalue weighted by Crippen LogP contribution is 2.54. The molecule has 2 aliphatic carbocycles. The van der Waals surface area contributed by atoms with Crippen LogP contribution in [0.15, 0.2) is 243 Å². The number of benzene rings is 10. The summed E-state index contributed by atoms with van der Waals surface area (Å²) in [4.78, 5) is 2.45. The molecule has 2 aliphatic rings. The number of anilines is 3. The maximum Gasteiger partial charge on any atom is 0.0540 e. The summed E-state index contributed by atoms with van der Waals surface area (Å²) >= 11 is 0. The van der Waals surface area contributed by atoms with Crippen molar-refractivity contribution in [3.05, 3.63) is 270 Å². The van der Waals surface area contributed by atoms with E-state index in [0.29, 0.717) is 0 Å². The van der Waals surface area contributed by atoms with Crippen LogP contribution in [-0.2, 0) is 10.8 Å². The first-order chi connectivity index (χ1) is 32.4. The summed E-state index contributed by atoms with van der Waals surface area (Å²) in [5, 5.41) is 0. The van der Waals surface area contributed by atoms with Crippen molar-refractivity contribution in [3.8, 4) is 66.8 Å². The first-order valence-corrected chi connectivity index (χ1v) is 23.2. The average molecular weight is 844 g/mol. The Morgan fingerprint density at radius 3 is 1.55 bits per heavy atom. The van der Waals surface area contributed by atoms with Gasteiger partial charge in [-0.1, -0.05) is 220 Å². The molecule has 10 aromatic rings. The number of rotatable bonds is 8. The van der Waals surface area contributed by atoms with Gasteiger partial charge in [-0.25, -0.2) is 0 Å². The van der Waals surface area contributed by atoms with Gasteiger partial charge < -0.3 is 4.90 Å². The predicted molar refractivity (Wildman–Crippen MR) is 278 cm³/mol. The van der Waals surface area contributed by atoms with Gasteiger partial charge in [0.15, 0.2) is 0 Å². The minimum atomic E-state index is -0.259. The van der Waals surface area contributed by atoms with Crippen LogP contribution >= 0.6 is 0 Å². The lowest BCUT2D eigenvalue weighted by Crippen LogP contribution is -2.22. The lowest BCUT2D eigenvalue weighted by atomic mass is 9.74. The van der Waals surface area contributed by atoms with Crippen LogP contribution in [0.3, 0.4) is 0 Å². The van der Waals surface area contributed by atoms with E-state index >= 15 is 0 Å². The van der Waals surface area contributed by atoms with Crippen LogP contribution in [0, 0.1) is 0 Å². The third kappa shape index (κ3) is 6.30. The Hall–Kier alpha value is -8.00. The van der Waals surface area contributed by atoms with E-state index in [1.54, 1.807) is 0 Å². The Kier molecular flexibility index (Phi) is 9.36. The molecule has 12 rings (SSSR count). The molecule has 1 atom stereocenters. The largest absolute Gasteiger partial charge is 0.310 e. The Labute approximate surface area is 389 Å². The Bertz CT molecular complexity index is 3430. The summed E-state index contributed by atoms with van der Waals surface area (Å²) in [5.74, 6) is 0. The Morgan fingerprint density at radius 1 is 0.288 bits per heavy atom. The van der Waals surface area contributed by atoms with Gasteiger partial charge in [0.05, 0.1) is 5.69 Å². The predicted octanol–water partition coefficient (Wildman–Crippen LogP) is 17.5. The van der Waals surface area contributed by atoms with Gasteiger partial charge in [0, 0.05) is 27.8 Å². The maximum atomic E-state index is 2.45. The van der Waals surface area contributed by atoms with Crippen LogP contribution in [0.5, 0.6) is 0 Å². The zero-order valence-corrected chi connectivity index (χ0v) is 37.5. The molecular formula is C65H49N. The molecule has 0 aliphatic heterocycles. The first kappa shape index (κ1) is 39.6. The zero-order valence-electron chi connectivity index (χ0n) is 37.5. The van der Waals surface area contributed by atoms with Gasteiger partial charge in [-0.15, -0.1) is 0 Å². The standard InChI is InChI=1S/C65H49N/c1-64(2)59-29-13-10-26-56(59)58-28-17-27-54(63(58)64)49-20-16-23-52(42-49)66(62-31-15-12-24-53(62)47-34-32-45(33-35-47)44-18-6-4-7-19-44)51-39-36-46(37-40-51)48-38-41-57-55-25-11-14-30-60(55)65(3,61(57)43-48)50-21-8-5-9-22-50/h4-43H,1-3H3. The Morgan fingerprint density at radius 2 is 0.788 bits per heavy atom. The zero-order chi connectivity index (χ0) is 44.4. The minimum Gasteiger partial charge on any atom is -0.310 e. The SMILES string of the molecule is CC1(C)c2ccccc2-c2cccc(-c3cccc(N(c4ccc(-c5ccc6c(c5)C(C)(c5ccccc5)c5ccccc5-6)cc4)c4ccccc4-c4ccc(-c5ccccc5)cc4)c3)c21. The fourth-order valence-electron chi connectivity index (χ4n) is 11.3. The van der Waals surface area contributed by atoms with Crippen LogP contribution in [0.1, 0.15) is 48.6 Å². The summed E-state index contributed by atoms with van der Waals surface area (Å²) < 4.78 is 0. The second-order valence-electron chi connectivity index (χ2n) is 18.6. The van der Waals surface area contributed by atoms with E-state index < -0.39 is 0 Å². The van der Waals surface area contributed by atoms with E-state index in [1.165, 1.54) is 94.6 Å². The molecule has 0 bridgehead atoms. The van der Waals surface area contributed by atoms with Crippen molar-refractivity contribution < 1.29 is 0 Å². The summed E-state index contributed by atoms with van der Waals surface area (Å²) in [5.41, 5.74) is 24.7. The minimum absolute atomic E-state index is 0.133. The molecule has 0 N–H and O–H groups in total. The van der Waals surface area contributed by atoms with Crippen molar-refractivity contribution in [2.45, 2.75) is 31.6 Å². The van der Waals surface area contributed by atoms with Gasteiger partial charge in [0.25, 0.3) is 0 Å². The first-order valence-electron chi connectivity index (χ1n) is 23.2. The highest BCUT2D eigenvalue weighted by atomic mass is 15.1. The van der Waals surface area contributed by atoms with Gasteiger partial charge in [0.2, 0.25) is 0 Å². The number of fused-ring (bicyclic) bond motifs is 6. The normalized spacial score (nSPS) is 15.1. The van der Waals surface area contributed by atoms with Crippen molar-refractivity contribution in [2.75, 3.05) is 4.90 Å². The molecule has 0 spiro atoms. The molecule has 10 aromatic carbocycles. The van der Waals surface area contributed by atoms with Crippen LogP contribution < -0.4 is 4.90 Å². The van der Waals surface area contributed by atoms with Crippen LogP contribution in [-0.4, -0.2) is 0 Å². The van der Waals surface area contributed by atoms with Crippen LogP contribution in [0.2, 0.25) is 0 Å². The molecule has 0 saturated heterocycles. The highest BCUT2D eigenvalue weighted by molar-refractivity contribution is 5.93. The van der Waals surface area contributed by atoms with E-state index in [1.807, 2.05) is 0 Å². The van der Waals surface area contributed by atoms with Gasteiger partial charge in [-0.3, -0.25) is 0 Å². The molecule has 1 unspecified atom stereocenters. The quantitative estimate of drug-likeness (QED) is 0.147. The number of hydrogen-bond acceptors (Lipinski definition) is 1. The average Bonchev–Trinajstić information content (AvgIpc) is 3.79. The third-order valence-corrected chi connectivity index (χ3v) is 14.6. The van der Waals surface area contributed by atoms with Crippen molar-refractivity contribution in [2.24, 2.45) is 0 Å². The second kappa shape index (κ2) is 15.6. The number of nitrogens with zero attached hydrogens (tertiary/aromatic N) is 1. The molecule has 0 amide bonds. The number of hydrogen-bond donors (Lipinski definition) is 0. The molecule has 0 fully saturated rings. The molecule has 66 heavy (non-hydrogen) atoms. The molecule has 0 heterocycles. The second-order valence-corrected chi connectivity index (χ2v) is 18.6. The van der Waals surface area contributed by atoms with E-state index in [0.717, 1.165) is 17.1 Å². The third-order valence-electron chi connectivity index (χ3n) is 14.6. The van der Waals surface area contributed by atoms with Gasteiger partial charge in [0.1, 0.15) is 0 Å². The van der Waals surface area contributed by atoms with Crippen molar-refractivity contribution in [1.82, 2.24) is 0 Å². The molecule has 0 aromatic heterocycles. The van der Waals surface area contributed by atoms with Crippen LogP contribution in [0.4, 0.5) is 17.1 Å². The molecule has 314 valence electrons. The fourth-order valence-corrected chi connectivity index (χ4v) is 11.3. The van der Waals surface area contributed by atoms with Gasteiger partial charge in [-0.2, -0.15) is 0 Å². The van der Waals surface area contributed by atoms with E-state index in [-0.39, 0.29) is 10.8 Å². The topological polar surface area (TPSA) is 3.24 Å². The molecule has 1 nitrogen and oxygen atoms in total. The van der Waals surface area contributed by atoms with Crippen molar-refractivity contribution >= 4 is 17.1 Å². The summed E-state index contributed by atoms with van der Waals surface area (Å²) in [6.07, 6.45) is 0. The van der Waals surface area contributed by atoms with E-state index in [4.69, 9.17) is 0 Å².